The summed E-state index contributed by atoms with van der Waals surface area (Å²) in [5, 5.41) is 7.36. The largest absolute Gasteiger partial charge is 0.450 e. The Kier molecular flexibility index (Phi) is 4.25. The lowest BCUT2D eigenvalue weighted by Gasteiger charge is -2.10. The Hall–Kier alpha value is -1.66. The Morgan fingerprint density at radius 1 is 1.20 bits per heavy atom. The number of hydrogen-bond acceptors (Lipinski definition) is 2. The van der Waals surface area contributed by atoms with E-state index in [1.54, 1.807) is 6.07 Å². The van der Waals surface area contributed by atoms with Crippen LogP contribution >= 0.6 is 27.5 Å². The summed E-state index contributed by atoms with van der Waals surface area (Å²) >= 11 is 9.12. The molecule has 0 aliphatic carbocycles. The summed E-state index contributed by atoms with van der Waals surface area (Å²) in [5.74, 6) is -2.85. The third-order valence-corrected chi connectivity index (χ3v) is 3.20. The van der Waals surface area contributed by atoms with Gasteiger partial charge in [0.05, 0.1) is 5.02 Å². The molecule has 0 bridgehead atoms. The van der Waals surface area contributed by atoms with Crippen molar-refractivity contribution in [2.45, 2.75) is 0 Å². The van der Waals surface area contributed by atoms with Gasteiger partial charge >= 0.3 is 0 Å². The molecule has 104 valence electrons. The predicted octanol–water partition coefficient (Wildman–Crippen LogP) is 4.46. The van der Waals surface area contributed by atoms with Crippen LogP contribution in [0.1, 0.15) is 5.56 Å². The maximum absolute atomic E-state index is 13.8. The summed E-state index contributed by atoms with van der Waals surface area (Å²) in [6.45, 7) is 0. The Balaban J connectivity index is 2.41. The quantitative estimate of drug-likeness (QED) is 0.626. The van der Waals surface area contributed by atoms with Crippen LogP contribution in [-0.4, -0.2) is 5.84 Å². The second kappa shape index (κ2) is 5.76. The lowest BCUT2D eigenvalue weighted by atomic mass is 10.2. The number of nitrogens with one attached hydrogen (secondary N) is 1. The zero-order valence-electron chi connectivity index (χ0n) is 9.88. The fraction of sp³-hybridized carbons (Fsp3) is 0. The first-order valence-electron chi connectivity index (χ1n) is 5.35. The van der Waals surface area contributed by atoms with Gasteiger partial charge in [0.2, 0.25) is 0 Å². The van der Waals surface area contributed by atoms with Crippen LogP contribution < -0.4 is 10.5 Å². The second-order valence-corrected chi connectivity index (χ2v) is 5.18. The van der Waals surface area contributed by atoms with Gasteiger partial charge in [0.1, 0.15) is 11.6 Å². The minimum Gasteiger partial charge on any atom is -0.450 e. The van der Waals surface area contributed by atoms with E-state index >= 15 is 0 Å². The molecule has 20 heavy (non-hydrogen) atoms. The first-order valence-corrected chi connectivity index (χ1v) is 6.52. The molecule has 0 atom stereocenters. The van der Waals surface area contributed by atoms with E-state index in [-0.39, 0.29) is 16.3 Å². The van der Waals surface area contributed by atoms with E-state index < -0.39 is 23.2 Å². The third-order valence-electron chi connectivity index (χ3n) is 2.42. The zero-order chi connectivity index (χ0) is 14.9. The molecule has 0 amide bonds. The number of ether oxygens (including phenoxy) is 1. The lowest BCUT2D eigenvalue weighted by Crippen LogP contribution is -2.12. The van der Waals surface area contributed by atoms with E-state index in [9.17, 15) is 8.78 Å². The smallest absolute Gasteiger partial charge is 0.198 e. The Morgan fingerprint density at radius 3 is 2.30 bits per heavy atom. The van der Waals surface area contributed by atoms with E-state index in [1.807, 2.05) is 0 Å². The SMILES string of the molecule is N=C(N)c1cc(F)c(Oc2ccc(Br)cc2Cl)c(F)c1. The maximum atomic E-state index is 13.8. The van der Waals surface area contributed by atoms with Gasteiger partial charge < -0.3 is 10.5 Å². The molecule has 2 aromatic rings. The number of nitrogen functional groups attached to an aromatic ring is 1. The highest BCUT2D eigenvalue weighted by atomic mass is 79.9. The van der Waals surface area contributed by atoms with Crippen LogP contribution in [0.3, 0.4) is 0 Å². The molecule has 0 unspecified atom stereocenters. The molecule has 2 rings (SSSR count). The Bertz CT molecular complexity index is 671. The van der Waals surface area contributed by atoms with Gasteiger partial charge in [-0.15, -0.1) is 0 Å². The summed E-state index contributed by atoms with van der Waals surface area (Å²) in [6, 6.07) is 6.49. The highest BCUT2D eigenvalue weighted by Gasteiger charge is 2.16. The van der Waals surface area contributed by atoms with Crippen molar-refractivity contribution in [2.24, 2.45) is 5.73 Å². The van der Waals surface area contributed by atoms with Crippen molar-refractivity contribution < 1.29 is 13.5 Å². The van der Waals surface area contributed by atoms with Gasteiger partial charge in [-0.05, 0) is 30.3 Å². The highest BCUT2D eigenvalue weighted by Crippen LogP contribution is 2.34. The van der Waals surface area contributed by atoms with Crippen LogP contribution in [0.4, 0.5) is 8.78 Å². The highest BCUT2D eigenvalue weighted by molar-refractivity contribution is 9.10. The number of benzene rings is 2. The minimum atomic E-state index is -0.964. The summed E-state index contributed by atoms with van der Waals surface area (Å²) in [5.41, 5.74) is 5.12. The van der Waals surface area contributed by atoms with E-state index in [0.29, 0.717) is 4.47 Å². The zero-order valence-corrected chi connectivity index (χ0v) is 12.2. The van der Waals surface area contributed by atoms with E-state index in [4.69, 9.17) is 27.5 Å². The molecule has 0 spiro atoms. The lowest BCUT2D eigenvalue weighted by molar-refractivity contribution is 0.407. The molecule has 0 saturated carbocycles. The van der Waals surface area contributed by atoms with Crippen molar-refractivity contribution >= 4 is 33.4 Å². The summed E-state index contributed by atoms with van der Waals surface area (Å²) in [6.07, 6.45) is 0. The average molecular weight is 362 g/mol. The summed E-state index contributed by atoms with van der Waals surface area (Å²) < 4.78 is 33.5. The molecule has 0 saturated heterocycles. The van der Waals surface area contributed by atoms with Crippen molar-refractivity contribution in [2.75, 3.05) is 0 Å². The van der Waals surface area contributed by atoms with Crippen LogP contribution in [0, 0.1) is 17.0 Å². The van der Waals surface area contributed by atoms with Crippen LogP contribution in [0.25, 0.3) is 0 Å². The fourth-order valence-corrected chi connectivity index (χ4v) is 2.19. The molecule has 2 aromatic carbocycles. The third kappa shape index (κ3) is 3.08. The van der Waals surface area contributed by atoms with Crippen LogP contribution in [0.5, 0.6) is 11.5 Å². The summed E-state index contributed by atoms with van der Waals surface area (Å²) in [7, 11) is 0. The molecule has 7 heteroatoms. The second-order valence-electron chi connectivity index (χ2n) is 3.86. The van der Waals surface area contributed by atoms with E-state index in [2.05, 4.69) is 15.9 Å². The van der Waals surface area contributed by atoms with Crippen LogP contribution in [-0.2, 0) is 0 Å². The molecular formula is C13H8BrClF2N2O. The topological polar surface area (TPSA) is 59.1 Å². The van der Waals surface area contributed by atoms with Crippen molar-refractivity contribution in [1.82, 2.24) is 0 Å². The van der Waals surface area contributed by atoms with Gasteiger partial charge in [0.25, 0.3) is 0 Å². The van der Waals surface area contributed by atoms with E-state index in [0.717, 1.165) is 12.1 Å². The number of rotatable bonds is 3. The van der Waals surface area contributed by atoms with Gasteiger partial charge in [-0.1, -0.05) is 27.5 Å². The number of hydrogen-bond donors (Lipinski definition) is 2. The first kappa shape index (κ1) is 14.7. The van der Waals surface area contributed by atoms with Gasteiger partial charge in [-0.3, -0.25) is 5.41 Å². The molecule has 3 N–H and O–H groups in total. The molecule has 3 nitrogen and oxygen atoms in total. The van der Waals surface area contributed by atoms with Crippen molar-refractivity contribution in [3.8, 4) is 11.5 Å². The first-order chi connectivity index (χ1) is 9.38. The van der Waals surface area contributed by atoms with Crippen LogP contribution in [0.2, 0.25) is 5.02 Å². The average Bonchev–Trinajstić information content (AvgIpc) is 2.35. The molecule has 0 heterocycles. The molecule has 0 fully saturated rings. The number of amidine groups is 1. The number of halogens is 4. The normalized spacial score (nSPS) is 10.4. The molecule has 0 radical (unpaired) electrons. The fourth-order valence-electron chi connectivity index (χ4n) is 1.48. The van der Waals surface area contributed by atoms with E-state index in [1.165, 1.54) is 12.1 Å². The maximum Gasteiger partial charge on any atom is 0.198 e. The van der Waals surface area contributed by atoms with Crippen LogP contribution in [0.15, 0.2) is 34.8 Å². The van der Waals surface area contributed by atoms with Gasteiger partial charge in [0, 0.05) is 10.0 Å². The molecule has 0 aromatic heterocycles. The van der Waals surface area contributed by atoms with Gasteiger partial charge in [-0.2, -0.15) is 0 Å². The standard InChI is InChI=1S/C13H8BrClF2N2O/c14-7-1-2-11(8(15)5-7)20-12-9(16)3-6(13(18)19)4-10(12)17/h1-5H,(H3,18,19). The monoisotopic (exact) mass is 360 g/mol. The van der Waals surface area contributed by atoms with Gasteiger partial charge in [0.15, 0.2) is 17.4 Å². The predicted molar refractivity (Wildman–Crippen MR) is 76.6 cm³/mol. The van der Waals surface area contributed by atoms with Gasteiger partial charge in [-0.25, -0.2) is 8.78 Å². The molecular weight excluding hydrogens is 354 g/mol. The van der Waals surface area contributed by atoms with Crippen molar-refractivity contribution in [3.63, 3.8) is 0 Å². The number of nitrogens with two attached hydrogens (primary N) is 1. The van der Waals surface area contributed by atoms with Crippen molar-refractivity contribution in [3.05, 3.63) is 57.0 Å². The molecule has 0 aliphatic rings. The Labute approximate surface area is 126 Å². The minimum absolute atomic E-state index is 0.0609. The molecule has 0 aliphatic heterocycles. The Morgan fingerprint density at radius 2 is 1.80 bits per heavy atom. The van der Waals surface area contributed by atoms with Crippen molar-refractivity contribution in [1.29, 1.82) is 5.41 Å². The summed E-state index contributed by atoms with van der Waals surface area (Å²) in [4.78, 5) is 0.